The van der Waals surface area contributed by atoms with E-state index in [0.717, 1.165) is 0 Å². The second-order valence-corrected chi connectivity index (χ2v) is 3.89. The van der Waals surface area contributed by atoms with Crippen molar-refractivity contribution >= 4 is 19.7 Å². The Balaban J connectivity index is 0. The molecule has 0 aliphatic carbocycles. The zero-order valence-electron chi connectivity index (χ0n) is 3.72. The molecular formula is C2H6ClFO2S. The summed E-state index contributed by atoms with van der Waals surface area (Å²) in [5.74, 6) is 0.00849. The topological polar surface area (TPSA) is 34.1 Å². The molecular weight excluding hydrogens is 143 g/mol. The molecule has 2 nitrogen and oxygen atoms in total. The molecule has 46 valence electrons. The van der Waals surface area contributed by atoms with E-state index in [4.69, 9.17) is 0 Å². The highest BCUT2D eigenvalue weighted by atomic mass is 35.7. The zero-order valence-corrected chi connectivity index (χ0v) is 5.29. The van der Waals surface area contributed by atoms with Crippen LogP contribution in [0, 0.1) is 0 Å². The summed E-state index contributed by atoms with van der Waals surface area (Å²) < 4.78 is 19.5. The highest BCUT2D eigenvalue weighted by Gasteiger charge is 1.94. The lowest BCUT2D eigenvalue weighted by molar-refractivity contribution is 0.610. The molecule has 0 spiro atoms. The minimum atomic E-state index is -3.19. The lowest BCUT2D eigenvalue weighted by Gasteiger charge is -1.77. The fraction of sp³-hybridized carbons (Fsp3) is 1.00. The Labute approximate surface area is 46.3 Å². The van der Waals surface area contributed by atoms with Crippen molar-refractivity contribution in [3.8, 4) is 0 Å². The SMILES string of the molecule is CCS(=O)(=O)Cl.F. The summed E-state index contributed by atoms with van der Waals surface area (Å²) in [6, 6.07) is 0. The molecule has 0 heterocycles. The van der Waals surface area contributed by atoms with Gasteiger partial charge >= 0.3 is 0 Å². The van der Waals surface area contributed by atoms with Gasteiger partial charge in [0, 0.05) is 10.7 Å². The molecule has 0 aromatic carbocycles. The summed E-state index contributed by atoms with van der Waals surface area (Å²) in [6.07, 6.45) is 0. The van der Waals surface area contributed by atoms with E-state index in [1.165, 1.54) is 6.92 Å². The Kier molecular flexibility index (Phi) is 4.68. The second-order valence-electron chi connectivity index (χ2n) is 0.828. The summed E-state index contributed by atoms with van der Waals surface area (Å²) >= 11 is 0. The van der Waals surface area contributed by atoms with Crippen LogP contribution < -0.4 is 0 Å². The van der Waals surface area contributed by atoms with E-state index in [1.54, 1.807) is 0 Å². The average molecular weight is 149 g/mol. The van der Waals surface area contributed by atoms with Crippen LogP contribution in [-0.4, -0.2) is 14.2 Å². The molecule has 0 aliphatic heterocycles. The predicted molar refractivity (Wildman–Crippen MR) is 27.8 cm³/mol. The first kappa shape index (κ1) is 10.2. The van der Waals surface area contributed by atoms with Crippen LogP contribution in [0.2, 0.25) is 0 Å². The summed E-state index contributed by atoms with van der Waals surface area (Å²) in [7, 11) is 1.50. The van der Waals surface area contributed by atoms with Crippen molar-refractivity contribution in [2.75, 3.05) is 5.75 Å². The van der Waals surface area contributed by atoms with Crippen molar-refractivity contribution in [2.45, 2.75) is 6.92 Å². The number of halogens is 2. The fourth-order valence-electron chi connectivity index (χ4n) is 0. The third-order valence-electron chi connectivity index (χ3n) is 0.345. The van der Waals surface area contributed by atoms with Crippen LogP contribution in [0.25, 0.3) is 0 Å². The molecule has 0 N–H and O–H groups in total. The van der Waals surface area contributed by atoms with Gasteiger partial charge in [0.2, 0.25) is 9.05 Å². The number of hydrogen-bond acceptors (Lipinski definition) is 2. The van der Waals surface area contributed by atoms with Gasteiger partial charge in [0.15, 0.2) is 0 Å². The van der Waals surface area contributed by atoms with Gasteiger partial charge in [-0.1, -0.05) is 6.92 Å². The van der Waals surface area contributed by atoms with E-state index >= 15 is 0 Å². The number of rotatable bonds is 1. The monoisotopic (exact) mass is 148 g/mol. The maximum atomic E-state index is 9.77. The van der Waals surface area contributed by atoms with Crippen LogP contribution in [0.3, 0.4) is 0 Å². The van der Waals surface area contributed by atoms with Crippen LogP contribution >= 0.6 is 10.7 Å². The molecule has 0 rings (SSSR count). The highest BCUT2D eigenvalue weighted by Crippen LogP contribution is 1.91. The summed E-state index contributed by atoms with van der Waals surface area (Å²) in [5, 5.41) is 0. The van der Waals surface area contributed by atoms with Gasteiger partial charge in [-0.3, -0.25) is 4.70 Å². The molecule has 0 amide bonds. The third kappa shape index (κ3) is 10.7. The molecule has 0 aromatic heterocycles. The second kappa shape index (κ2) is 3.21. The first-order valence-electron chi connectivity index (χ1n) is 1.48. The molecule has 0 saturated heterocycles. The van der Waals surface area contributed by atoms with Gasteiger partial charge in [0.25, 0.3) is 0 Å². The molecule has 0 atom stereocenters. The average Bonchev–Trinajstić information content (AvgIpc) is 1.35. The zero-order chi connectivity index (χ0) is 5.21. The van der Waals surface area contributed by atoms with Crippen molar-refractivity contribution in [3.63, 3.8) is 0 Å². The van der Waals surface area contributed by atoms with E-state index in [-0.39, 0.29) is 10.5 Å². The molecule has 0 bridgehead atoms. The van der Waals surface area contributed by atoms with Crippen molar-refractivity contribution < 1.29 is 13.1 Å². The van der Waals surface area contributed by atoms with Crippen molar-refractivity contribution in [1.29, 1.82) is 0 Å². The first-order chi connectivity index (χ1) is 2.56. The predicted octanol–water partition coefficient (Wildman–Crippen LogP) is 0.727. The maximum absolute atomic E-state index is 9.77. The summed E-state index contributed by atoms with van der Waals surface area (Å²) in [5.41, 5.74) is 0. The van der Waals surface area contributed by atoms with Gasteiger partial charge in [-0.25, -0.2) is 8.42 Å². The molecule has 0 aliphatic rings. The Morgan fingerprint density at radius 1 is 1.57 bits per heavy atom. The van der Waals surface area contributed by atoms with E-state index in [0.29, 0.717) is 0 Å². The molecule has 0 aromatic rings. The Morgan fingerprint density at radius 3 is 1.71 bits per heavy atom. The lowest BCUT2D eigenvalue weighted by atomic mass is 11.0. The van der Waals surface area contributed by atoms with Crippen molar-refractivity contribution in [3.05, 3.63) is 0 Å². The van der Waals surface area contributed by atoms with Crippen LogP contribution in [0.15, 0.2) is 0 Å². The van der Waals surface area contributed by atoms with E-state index in [1.807, 2.05) is 0 Å². The molecule has 0 radical (unpaired) electrons. The van der Waals surface area contributed by atoms with E-state index < -0.39 is 9.05 Å². The van der Waals surface area contributed by atoms with E-state index in [2.05, 4.69) is 10.7 Å². The van der Waals surface area contributed by atoms with Gasteiger partial charge < -0.3 is 0 Å². The minimum absolute atomic E-state index is 0. The smallest absolute Gasteiger partial charge is 0.232 e. The molecule has 0 saturated carbocycles. The van der Waals surface area contributed by atoms with Crippen molar-refractivity contribution in [1.82, 2.24) is 0 Å². The first-order valence-corrected chi connectivity index (χ1v) is 3.96. The van der Waals surface area contributed by atoms with Crippen LogP contribution in [0.5, 0.6) is 0 Å². The van der Waals surface area contributed by atoms with Gasteiger partial charge in [-0.2, -0.15) is 0 Å². The quantitative estimate of drug-likeness (QED) is 0.514. The lowest BCUT2D eigenvalue weighted by Crippen LogP contribution is -1.88. The van der Waals surface area contributed by atoms with Gasteiger partial charge in [-0.15, -0.1) is 0 Å². The van der Waals surface area contributed by atoms with Crippen LogP contribution in [0.1, 0.15) is 6.92 Å². The Bertz CT molecular complexity index is 118. The summed E-state index contributed by atoms with van der Waals surface area (Å²) in [6.45, 7) is 1.49. The third-order valence-corrected chi connectivity index (χ3v) is 1.69. The van der Waals surface area contributed by atoms with Gasteiger partial charge in [0.05, 0.1) is 5.75 Å². The molecule has 5 heteroatoms. The largest absolute Gasteiger partial charge is 0.269 e. The highest BCUT2D eigenvalue weighted by molar-refractivity contribution is 8.13. The standard InChI is InChI=1S/C2H5ClO2S.FH/c1-2-6(3,4)5;/h2H2,1H3;1H. The fourth-order valence-corrected chi connectivity index (χ4v) is 0. The van der Waals surface area contributed by atoms with Gasteiger partial charge in [-0.05, 0) is 0 Å². The van der Waals surface area contributed by atoms with Crippen LogP contribution in [0.4, 0.5) is 4.70 Å². The van der Waals surface area contributed by atoms with Crippen molar-refractivity contribution in [2.24, 2.45) is 0 Å². The molecule has 0 unspecified atom stereocenters. The summed E-state index contributed by atoms with van der Waals surface area (Å²) in [4.78, 5) is 0. The molecule has 0 fully saturated rings. The van der Waals surface area contributed by atoms with Gasteiger partial charge in [0.1, 0.15) is 0 Å². The maximum Gasteiger partial charge on any atom is 0.232 e. The number of hydrogen-bond donors (Lipinski definition) is 0. The Morgan fingerprint density at radius 2 is 1.71 bits per heavy atom. The molecule has 7 heavy (non-hydrogen) atoms. The normalized spacial score (nSPS) is 10.0. The Hall–Kier alpha value is 0.170. The van der Waals surface area contributed by atoms with E-state index in [9.17, 15) is 8.42 Å². The van der Waals surface area contributed by atoms with Crippen LogP contribution in [-0.2, 0) is 9.05 Å². The minimum Gasteiger partial charge on any atom is -0.269 e.